The normalized spacial score (nSPS) is 28.7. The van der Waals surface area contributed by atoms with Gasteiger partial charge in [0.2, 0.25) is 0 Å². The summed E-state index contributed by atoms with van der Waals surface area (Å²) < 4.78 is 4.91. The summed E-state index contributed by atoms with van der Waals surface area (Å²) >= 11 is 0. The minimum Gasteiger partial charge on any atom is -0.361 e. The third-order valence-electron chi connectivity index (χ3n) is 3.17. The standard InChI is InChI=1S/C10H13N3O2/c1-6-2-9(12-15-6)10(14)13-7-3-8(13)5-11-4-7/h2,7-8,11H,3-5H2,1H3. The van der Waals surface area contributed by atoms with E-state index in [1.165, 1.54) is 0 Å². The average molecular weight is 207 g/mol. The molecule has 3 heterocycles. The van der Waals surface area contributed by atoms with Gasteiger partial charge in [-0.3, -0.25) is 4.79 Å². The number of aromatic nitrogens is 1. The molecule has 15 heavy (non-hydrogen) atoms. The Morgan fingerprint density at radius 2 is 2.33 bits per heavy atom. The summed E-state index contributed by atoms with van der Waals surface area (Å²) in [5.74, 6) is 0.691. The van der Waals surface area contributed by atoms with Gasteiger partial charge in [0, 0.05) is 31.2 Å². The van der Waals surface area contributed by atoms with E-state index < -0.39 is 0 Å². The second kappa shape index (κ2) is 3.06. The second-order valence-corrected chi connectivity index (χ2v) is 4.24. The fourth-order valence-electron chi connectivity index (χ4n) is 2.41. The van der Waals surface area contributed by atoms with E-state index in [-0.39, 0.29) is 5.91 Å². The number of hydrogen-bond acceptors (Lipinski definition) is 4. The van der Waals surface area contributed by atoms with E-state index >= 15 is 0 Å². The molecule has 1 amide bonds. The molecule has 2 saturated heterocycles. The number of fused-ring (bicyclic) bond motifs is 2. The molecule has 5 nitrogen and oxygen atoms in total. The van der Waals surface area contributed by atoms with E-state index in [1.54, 1.807) is 13.0 Å². The highest BCUT2D eigenvalue weighted by molar-refractivity contribution is 5.93. The summed E-state index contributed by atoms with van der Waals surface area (Å²) in [5, 5.41) is 7.05. The maximum absolute atomic E-state index is 12.0. The molecule has 2 aliphatic heterocycles. The maximum atomic E-state index is 12.0. The number of piperazine rings is 1. The molecule has 5 heteroatoms. The smallest absolute Gasteiger partial charge is 0.276 e. The number of aryl methyl sites for hydroxylation is 1. The van der Waals surface area contributed by atoms with Crippen LogP contribution in [-0.4, -0.2) is 41.1 Å². The number of carbonyl (C=O) groups is 1. The van der Waals surface area contributed by atoms with Crippen molar-refractivity contribution in [3.63, 3.8) is 0 Å². The second-order valence-electron chi connectivity index (χ2n) is 4.24. The minimum absolute atomic E-state index is 0.00889. The van der Waals surface area contributed by atoms with Gasteiger partial charge >= 0.3 is 0 Å². The summed E-state index contributed by atoms with van der Waals surface area (Å²) in [6.07, 6.45) is 1.12. The quantitative estimate of drug-likeness (QED) is 0.713. The van der Waals surface area contributed by atoms with Crippen LogP contribution in [0.1, 0.15) is 22.7 Å². The Bertz CT molecular complexity index is 387. The average Bonchev–Trinajstić information content (AvgIpc) is 2.66. The number of nitrogens with one attached hydrogen (secondary N) is 1. The van der Waals surface area contributed by atoms with E-state index in [2.05, 4.69) is 10.5 Å². The van der Waals surface area contributed by atoms with Crippen LogP contribution in [0, 0.1) is 6.92 Å². The summed E-state index contributed by atoms with van der Waals surface area (Å²) in [7, 11) is 0. The largest absolute Gasteiger partial charge is 0.361 e. The fourth-order valence-corrected chi connectivity index (χ4v) is 2.41. The van der Waals surface area contributed by atoms with Gasteiger partial charge in [-0.05, 0) is 13.3 Å². The van der Waals surface area contributed by atoms with Crippen molar-refractivity contribution in [2.75, 3.05) is 13.1 Å². The van der Waals surface area contributed by atoms with Crippen LogP contribution in [0.4, 0.5) is 0 Å². The predicted octanol–water partition coefficient (Wildman–Crippen LogP) is 0.169. The highest BCUT2D eigenvalue weighted by atomic mass is 16.5. The van der Waals surface area contributed by atoms with Crippen LogP contribution in [0.3, 0.4) is 0 Å². The van der Waals surface area contributed by atoms with Crippen LogP contribution in [0.2, 0.25) is 0 Å². The Hall–Kier alpha value is -1.36. The van der Waals surface area contributed by atoms with Gasteiger partial charge in [0.1, 0.15) is 5.76 Å². The van der Waals surface area contributed by atoms with Crippen molar-refractivity contribution in [1.29, 1.82) is 0 Å². The van der Waals surface area contributed by atoms with Gasteiger partial charge < -0.3 is 14.7 Å². The van der Waals surface area contributed by atoms with Crippen molar-refractivity contribution in [3.8, 4) is 0 Å². The molecule has 2 bridgehead atoms. The maximum Gasteiger partial charge on any atom is 0.276 e. The topological polar surface area (TPSA) is 58.4 Å². The zero-order chi connectivity index (χ0) is 10.4. The third-order valence-corrected chi connectivity index (χ3v) is 3.17. The molecule has 0 radical (unpaired) electrons. The van der Waals surface area contributed by atoms with Crippen molar-refractivity contribution in [2.45, 2.75) is 25.4 Å². The number of hydrogen-bond donors (Lipinski definition) is 1. The van der Waals surface area contributed by atoms with Gasteiger partial charge in [-0.15, -0.1) is 0 Å². The molecule has 0 spiro atoms. The van der Waals surface area contributed by atoms with Gasteiger partial charge in [0.25, 0.3) is 5.91 Å². The number of carbonyl (C=O) groups excluding carboxylic acids is 1. The lowest BCUT2D eigenvalue weighted by Gasteiger charge is -2.52. The molecule has 2 fully saturated rings. The van der Waals surface area contributed by atoms with Crippen molar-refractivity contribution < 1.29 is 9.32 Å². The monoisotopic (exact) mass is 207 g/mol. The third kappa shape index (κ3) is 1.26. The van der Waals surface area contributed by atoms with Gasteiger partial charge in [0.15, 0.2) is 5.69 Å². The van der Waals surface area contributed by atoms with Crippen LogP contribution in [0.15, 0.2) is 10.6 Å². The van der Waals surface area contributed by atoms with Crippen LogP contribution in [0.5, 0.6) is 0 Å². The van der Waals surface area contributed by atoms with Crippen molar-refractivity contribution in [1.82, 2.24) is 15.4 Å². The van der Waals surface area contributed by atoms with Gasteiger partial charge in [-0.2, -0.15) is 0 Å². The number of rotatable bonds is 1. The summed E-state index contributed by atoms with van der Waals surface area (Å²) in [4.78, 5) is 14.0. The van der Waals surface area contributed by atoms with E-state index in [0.717, 1.165) is 19.5 Å². The Morgan fingerprint density at radius 1 is 1.60 bits per heavy atom. The van der Waals surface area contributed by atoms with Crippen LogP contribution in [-0.2, 0) is 0 Å². The number of piperidine rings is 1. The zero-order valence-corrected chi connectivity index (χ0v) is 8.56. The van der Waals surface area contributed by atoms with Crippen molar-refractivity contribution in [2.24, 2.45) is 0 Å². The van der Waals surface area contributed by atoms with E-state index in [9.17, 15) is 4.79 Å². The number of amides is 1. The first kappa shape index (κ1) is 8.91. The first-order chi connectivity index (χ1) is 7.25. The molecule has 2 unspecified atom stereocenters. The molecule has 0 aromatic carbocycles. The zero-order valence-electron chi connectivity index (χ0n) is 8.56. The molecule has 3 rings (SSSR count). The fraction of sp³-hybridized carbons (Fsp3) is 0.600. The Morgan fingerprint density at radius 3 is 2.87 bits per heavy atom. The van der Waals surface area contributed by atoms with Crippen molar-refractivity contribution >= 4 is 5.91 Å². The number of nitrogens with zero attached hydrogens (tertiary/aromatic N) is 2. The summed E-state index contributed by atoms with van der Waals surface area (Å²) in [6.45, 7) is 3.60. The van der Waals surface area contributed by atoms with Gasteiger partial charge in [0.05, 0.1) is 0 Å². The molecule has 0 saturated carbocycles. The SMILES string of the molecule is Cc1cc(C(=O)N2C3CNCC2C3)no1. The van der Waals surface area contributed by atoms with E-state index in [1.807, 2.05) is 4.90 Å². The first-order valence-corrected chi connectivity index (χ1v) is 5.22. The van der Waals surface area contributed by atoms with E-state index in [0.29, 0.717) is 23.5 Å². The molecule has 0 aliphatic carbocycles. The predicted molar refractivity (Wildman–Crippen MR) is 52.5 cm³/mol. The molecule has 2 atom stereocenters. The lowest BCUT2D eigenvalue weighted by molar-refractivity contribution is -0.00296. The van der Waals surface area contributed by atoms with Crippen LogP contribution >= 0.6 is 0 Å². The highest BCUT2D eigenvalue weighted by Crippen LogP contribution is 2.29. The Kier molecular flexibility index (Phi) is 1.82. The summed E-state index contributed by atoms with van der Waals surface area (Å²) in [5.41, 5.74) is 0.434. The van der Waals surface area contributed by atoms with Crippen LogP contribution < -0.4 is 5.32 Å². The Balaban J connectivity index is 1.81. The molecular weight excluding hydrogens is 194 g/mol. The molecule has 1 aromatic rings. The molecule has 2 aliphatic rings. The lowest BCUT2D eigenvalue weighted by Crippen LogP contribution is -2.69. The summed E-state index contributed by atoms with van der Waals surface area (Å²) in [6, 6.07) is 2.41. The van der Waals surface area contributed by atoms with E-state index in [4.69, 9.17) is 4.52 Å². The van der Waals surface area contributed by atoms with Gasteiger partial charge in [-0.25, -0.2) is 0 Å². The van der Waals surface area contributed by atoms with Crippen molar-refractivity contribution in [3.05, 3.63) is 17.5 Å². The lowest BCUT2D eigenvalue weighted by atomic mass is 9.88. The van der Waals surface area contributed by atoms with Gasteiger partial charge in [-0.1, -0.05) is 5.16 Å². The Labute approximate surface area is 87.4 Å². The molecule has 1 aromatic heterocycles. The first-order valence-electron chi connectivity index (χ1n) is 5.22. The molecule has 80 valence electrons. The van der Waals surface area contributed by atoms with Crippen LogP contribution in [0.25, 0.3) is 0 Å². The molecule has 1 N–H and O–H groups in total. The minimum atomic E-state index is 0.00889. The molecular formula is C10H13N3O2. The highest BCUT2D eigenvalue weighted by Gasteiger charge is 2.45.